The molecule has 2 aromatic rings. The first-order valence-corrected chi connectivity index (χ1v) is 8.15. The third-order valence-corrected chi connectivity index (χ3v) is 4.57. The number of anilines is 1. The Morgan fingerprint density at radius 1 is 1.05 bits per heavy atom. The third-order valence-electron chi connectivity index (χ3n) is 4.24. The Balaban J connectivity index is 1.63. The molecule has 1 aromatic carbocycles. The van der Waals surface area contributed by atoms with Gasteiger partial charge in [0.25, 0.3) is 0 Å². The molecule has 0 unspecified atom stereocenters. The van der Waals surface area contributed by atoms with Gasteiger partial charge in [-0.2, -0.15) is 0 Å². The molecule has 1 N–H and O–H groups in total. The van der Waals surface area contributed by atoms with E-state index in [1.165, 1.54) is 32.1 Å². The molecule has 1 aliphatic rings. The molecule has 110 valence electrons. The van der Waals surface area contributed by atoms with Crippen LogP contribution in [0.15, 0.2) is 42.6 Å². The van der Waals surface area contributed by atoms with E-state index in [-0.39, 0.29) is 0 Å². The fraction of sp³-hybridized carbons (Fsp3) is 0.389. The van der Waals surface area contributed by atoms with Gasteiger partial charge in [-0.05, 0) is 37.0 Å². The standard InChI is InChI=1S/C18H21ClN2/c19-17-9-5-4-8-16(17)15-10-11-18(21-13-15)20-12-14-6-2-1-3-7-14/h4-5,8-11,13-14H,1-3,6-7,12H2,(H,20,21). The fourth-order valence-corrected chi connectivity index (χ4v) is 3.24. The number of halogens is 1. The van der Waals surface area contributed by atoms with E-state index in [2.05, 4.69) is 16.4 Å². The van der Waals surface area contributed by atoms with Crippen molar-refractivity contribution in [1.29, 1.82) is 0 Å². The van der Waals surface area contributed by atoms with Gasteiger partial charge in [-0.15, -0.1) is 0 Å². The molecular formula is C18H21ClN2. The van der Waals surface area contributed by atoms with Crippen molar-refractivity contribution in [1.82, 2.24) is 4.98 Å². The van der Waals surface area contributed by atoms with Crippen molar-refractivity contribution in [3.8, 4) is 11.1 Å². The van der Waals surface area contributed by atoms with Crippen molar-refractivity contribution in [2.24, 2.45) is 5.92 Å². The number of rotatable bonds is 4. The van der Waals surface area contributed by atoms with E-state index in [4.69, 9.17) is 11.6 Å². The van der Waals surface area contributed by atoms with Gasteiger partial charge in [-0.25, -0.2) is 4.98 Å². The van der Waals surface area contributed by atoms with Crippen LogP contribution in [-0.2, 0) is 0 Å². The summed E-state index contributed by atoms with van der Waals surface area (Å²) in [7, 11) is 0. The summed E-state index contributed by atoms with van der Waals surface area (Å²) in [5.41, 5.74) is 2.09. The van der Waals surface area contributed by atoms with Crippen LogP contribution in [0.2, 0.25) is 5.02 Å². The van der Waals surface area contributed by atoms with Gasteiger partial charge < -0.3 is 5.32 Å². The van der Waals surface area contributed by atoms with Crippen LogP contribution in [0.25, 0.3) is 11.1 Å². The fourth-order valence-electron chi connectivity index (χ4n) is 2.99. The van der Waals surface area contributed by atoms with E-state index in [1.54, 1.807) is 0 Å². The Morgan fingerprint density at radius 2 is 1.86 bits per heavy atom. The Hall–Kier alpha value is -1.54. The first kappa shape index (κ1) is 14.4. The predicted octanol–water partition coefficient (Wildman–Crippen LogP) is 5.39. The van der Waals surface area contributed by atoms with Gasteiger partial charge in [0.1, 0.15) is 5.82 Å². The summed E-state index contributed by atoms with van der Waals surface area (Å²) < 4.78 is 0. The minimum absolute atomic E-state index is 0.766. The average molecular weight is 301 g/mol. The van der Waals surface area contributed by atoms with E-state index in [1.807, 2.05) is 36.5 Å². The van der Waals surface area contributed by atoms with Gasteiger partial charge in [-0.3, -0.25) is 0 Å². The number of benzene rings is 1. The number of nitrogens with zero attached hydrogens (tertiary/aromatic N) is 1. The van der Waals surface area contributed by atoms with E-state index in [0.29, 0.717) is 0 Å². The van der Waals surface area contributed by atoms with Gasteiger partial charge in [0, 0.05) is 28.9 Å². The monoisotopic (exact) mass is 300 g/mol. The number of nitrogens with one attached hydrogen (secondary N) is 1. The number of pyridine rings is 1. The highest BCUT2D eigenvalue weighted by molar-refractivity contribution is 6.33. The maximum atomic E-state index is 6.22. The lowest BCUT2D eigenvalue weighted by atomic mass is 9.89. The Kier molecular flexibility index (Phi) is 4.76. The zero-order chi connectivity index (χ0) is 14.5. The predicted molar refractivity (Wildman–Crippen MR) is 89.7 cm³/mol. The highest BCUT2D eigenvalue weighted by atomic mass is 35.5. The van der Waals surface area contributed by atoms with Crippen LogP contribution in [0.3, 0.4) is 0 Å². The summed E-state index contributed by atoms with van der Waals surface area (Å²) in [6.45, 7) is 1.04. The molecule has 1 heterocycles. The van der Waals surface area contributed by atoms with E-state index < -0.39 is 0 Å². The van der Waals surface area contributed by atoms with Crippen LogP contribution in [0, 0.1) is 5.92 Å². The van der Waals surface area contributed by atoms with Gasteiger partial charge in [0.15, 0.2) is 0 Å². The summed E-state index contributed by atoms with van der Waals surface area (Å²) in [5, 5.41) is 4.23. The molecule has 0 amide bonds. The van der Waals surface area contributed by atoms with Crippen molar-refractivity contribution in [3.05, 3.63) is 47.6 Å². The molecule has 1 saturated carbocycles. The van der Waals surface area contributed by atoms with Gasteiger partial charge in [-0.1, -0.05) is 49.1 Å². The minimum Gasteiger partial charge on any atom is -0.370 e. The maximum absolute atomic E-state index is 6.22. The lowest BCUT2D eigenvalue weighted by Crippen LogP contribution is -2.17. The quantitative estimate of drug-likeness (QED) is 0.818. The number of hydrogen-bond donors (Lipinski definition) is 1. The zero-order valence-electron chi connectivity index (χ0n) is 12.2. The normalized spacial score (nSPS) is 15.9. The average Bonchev–Trinajstić information content (AvgIpc) is 2.55. The Bertz CT molecular complexity index is 574. The molecule has 0 radical (unpaired) electrons. The molecule has 3 rings (SSSR count). The molecule has 1 aromatic heterocycles. The second-order valence-corrected chi connectivity index (χ2v) is 6.20. The summed E-state index contributed by atoms with van der Waals surface area (Å²) in [4.78, 5) is 4.51. The summed E-state index contributed by atoms with van der Waals surface area (Å²) in [6.07, 6.45) is 8.76. The lowest BCUT2D eigenvalue weighted by molar-refractivity contribution is 0.373. The molecule has 0 atom stereocenters. The van der Waals surface area contributed by atoms with E-state index >= 15 is 0 Å². The first-order valence-electron chi connectivity index (χ1n) is 7.78. The number of aromatic nitrogens is 1. The third kappa shape index (κ3) is 3.76. The molecule has 2 nitrogen and oxygen atoms in total. The van der Waals surface area contributed by atoms with Crippen molar-refractivity contribution in [2.45, 2.75) is 32.1 Å². The second-order valence-electron chi connectivity index (χ2n) is 5.80. The Morgan fingerprint density at radius 3 is 2.57 bits per heavy atom. The van der Waals surface area contributed by atoms with Gasteiger partial charge in [0.2, 0.25) is 0 Å². The number of hydrogen-bond acceptors (Lipinski definition) is 2. The van der Waals surface area contributed by atoms with Crippen LogP contribution in [0.1, 0.15) is 32.1 Å². The molecule has 0 spiro atoms. The zero-order valence-corrected chi connectivity index (χ0v) is 12.9. The largest absolute Gasteiger partial charge is 0.370 e. The molecule has 0 bridgehead atoms. The molecule has 0 saturated heterocycles. The van der Waals surface area contributed by atoms with Crippen molar-refractivity contribution < 1.29 is 0 Å². The summed E-state index contributed by atoms with van der Waals surface area (Å²) in [6, 6.07) is 12.0. The molecule has 0 aliphatic heterocycles. The van der Waals surface area contributed by atoms with Crippen LogP contribution in [0.4, 0.5) is 5.82 Å². The van der Waals surface area contributed by atoms with Crippen LogP contribution in [0.5, 0.6) is 0 Å². The molecule has 1 aliphatic carbocycles. The van der Waals surface area contributed by atoms with Crippen molar-refractivity contribution in [2.75, 3.05) is 11.9 Å². The maximum Gasteiger partial charge on any atom is 0.125 e. The lowest BCUT2D eigenvalue weighted by Gasteiger charge is -2.22. The van der Waals surface area contributed by atoms with Gasteiger partial charge >= 0.3 is 0 Å². The Labute approximate surface area is 131 Å². The van der Waals surface area contributed by atoms with Gasteiger partial charge in [0.05, 0.1) is 0 Å². The molecular weight excluding hydrogens is 280 g/mol. The van der Waals surface area contributed by atoms with Crippen LogP contribution < -0.4 is 5.32 Å². The highest BCUT2D eigenvalue weighted by Gasteiger charge is 2.13. The van der Waals surface area contributed by atoms with Crippen LogP contribution in [-0.4, -0.2) is 11.5 Å². The van der Waals surface area contributed by atoms with Crippen molar-refractivity contribution >= 4 is 17.4 Å². The minimum atomic E-state index is 0.766. The summed E-state index contributed by atoms with van der Waals surface area (Å²) >= 11 is 6.22. The van der Waals surface area contributed by atoms with E-state index in [9.17, 15) is 0 Å². The highest BCUT2D eigenvalue weighted by Crippen LogP contribution is 2.28. The SMILES string of the molecule is Clc1ccccc1-c1ccc(NCC2CCCCC2)nc1. The second kappa shape index (κ2) is 6.95. The summed E-state index contributed by atoms with van der Waals surface area (Å²) in [5.74, 6) is 1.76. The first-order chi connectivity index (χ1) is 10.3. The molecule has 3 heteroatoms. The van der Waals surface area contributed by atoms with E-state index in [0.717, 1.165) is 34.4 Å². The van der Waals surface area contributed by atoms with Crippen molar-refractivity contribution in [3.63, 3.8) is 0 Å². The topological polar surface area (TPSA) is 24.9 Å². The molecule has 21 heavy (non-hydrogen) atoms. The molecule has 1 fully saturated rings. The van der Waals surface area contributed by atoms with Crippen LogP contribution >= 0.6 is 11.6 Å². The smallest absolute Gasteiger partial charge is 0.125 e.